The lowest BCUT2D eigenvalue weighted by molar-refractivity contribution is 0.102. The van der Waals surface area contributed by atoms with Crippen molar-refractivity contribution in [1.29, 1.82) is 0 Å². The average Bonchev–Trinajstić information content (AvgIpc) is 3.39. The summed E-state index contributed by atoms with van der Waals surface area (Å²) in [6, 6.07) is 11.9. The zero-order valence-electron chi connectivity index (χ0n) is 16.2. The van der Waals surface area contributed by atoms with Gasteiger partial charge in [-0.1, -0.05) is 37.6 Å². The number of rotatable bonds is 6. The summed E-state index contributed by atoms with van der Waals surface area (Å²) in [6.45, 7) is 4.18. The van der Waals surface area contributed by atoms with Crippen molar-refractivity contribution in [2.45, 2.75) is 26.7 Å². The Balaban J connectivity index is 1.57. The highest BCUT2D eigenvalue weighted by Gasteiger charge is 2.17. The lowest BCUT2D eigenvalue weighted by atomic mass is 10.1. The van der Waals surface area contributed by atoms with Gasteiger partial charge in [0.15, 0.2) is 10.9 Å². The number of aryl methyl sites for hydroxylation is 2. The Hall–Kier alpha value is -3.39. The first kappa shape index (κ1) is 18.9. The monoisotopic (exact) mass is 404 g/mol. The number of anilines is 1. The minimum atomic E-state index is -0.290. The molecule has 1 aromatic carbocycles. The SMILES string of the molecule is CCCc1ccc(-c2nc(NC(=O)c3cccnc3-n3cncn3)sc2C)cc1. The quantitative estimate of drug-likeness (QED) is 0.518. The van der Waals surface area contributed by atoms with Gasteiger partial charge in [0.2, 0.25) is 0 Å². The number of benzene rings is 1. The molecule has 1 amide bonds. The Morgan fingerprint density at radius 2 is 2.03 bits per heavy atom. The fourth-order valence-corrected chi connectivity index (χ4v) is 3.91. The molecule has 29 heavy (non-hydrogen) atoms. The second-order valence-corrected chi connectivity index (χ2v) is 7.74. The zero-order valence-corrected chi connectivity index (χ0v) is 17.0. The van der Waals surface area contributed by atoms with Crippen molar-refractivity contribution in [3.8, 4) is 17.1 Å². The number of pyridine rings is 1. The summed E-state index contributed by atoms with van der Waals surface area (Å²) >= 11 is 1.45. The standard InChI is InChI=1S/C21H20N6OS/c1-3-5-15-7-9-16(10-8-15)18-14(2)29-21(25-18)26-20(28)17-6-4-11-23-19(17)27-13-22-12-24-27/h4,6-13H,3,5H2,1-2H3,(H,25,26,28). The molecule has 0 saturated carbocycles. The number of carbonyl (C=O) groups excluding carboxylic acids is 1. The van der Waals surface area contributed by atoms with Crippen LogP contribution < -0.4 is 5.32 Å². The summed E-state index contributed by atoms with van der Waals surface area (Å²) in [6.07, 6.45) is 6.71. The van der Waals surface area contributed by atoms with Gasteiger partial charge in [0, 0.05) is 16.6 Å². The van der Waals surface area contributed by atoms with Crippen LogP contribution in [-0.4, -0.2) is 30.6 Å². The Labute approximate surface area is 172 Å². The number of nitrogens with one attached hydrogen (secondary N) is 1. The number of carbonyl (C=O) groups is 1. The third-order valence-corrected chi connectivity index (χ3v) is 5.34. The van der Waals surface area contributed by atoms with Crippen LogP contribution in [-0.2, 0) is 6.42 Å². The molecule has 4 rings (SSSR count). The van der Waals surface area contributed by atoms with Crippen molar-refractivity contribution in [3.63, 3.8) is 0 Å². The van der Waals surface area contributed by atoms with Crippen molar-refractivity contribution < 1.29 is 4.79 Å². The van der Waals surface area contributed by atoms with Crippen molar-refractivity contribution >= 4 is 22.4 Å². The molecule has 4 aromatic rings. The van der Waals surface area contributed by atoms with Crippen molar-refractivity contribution in [2.24, 2.45) is 0 Å². The number of hydrogen-bond acceptors (Lipinski definition) is 6. The highest BCUT2D eigenvalue weighted by Crippen LogP contribution is 2.31. The molecule has 146 valence electrons. The Morgan fingerprint density at radius 3 is 2.76 bits per heavy atom. The second kappa shape index (κ2) is 8.32. The van der Waals surface area contributed by atoms with E-state index in [0.29, 0.717) is 16.5 Å². The molecule has 0 atom stereocenters. The number of hydrogen-bond donors (Lipinski definition) is 1. The lowest BCUT2D eigenvalue weighted by Crippen LogP contribution is -2.16. The maximum Gasteiger partial charge on any atom is 0.261 e. The molecule has 0 spiro atoms. The predicted octanol–water partition coefficient (Wildman–Crippen LogP) is 4.30. The van der Waals surface area contributed by atoms with Crippen LogP contribution in [0.3, 0.4) is 0 Å². The summed E-state index contributed by atoms with van der Waals surface area (Å²) in [7, 11) is 0. The van der Waals surface area contributed by atoms with Crippen LogP contribution in [0.5, 0.6) is 0 Å². The Morgan fingerprint density at radius 1 is 1.21 bits per heavy atom. The van der Waals surface area contributed by atoms with Gasteiger partial charge in [-0.3, -0.25) is 10.1 Å². The van der Waals surface area contributed by atoms with Gasteiger partial charge in [0.25, 0.3) is 5.91 Å². The van der Waals surface area contributed by atoms with Gasteiger partial charge in [0.1, 0.15) is 12.7 Å². The van der Waals surface area contributed by atoms with Crippen LogP contribution in [0.2, 0.25) is 0 Å². The van der Waals surface area contributed by atoms with Gasteiger partial charge in [-0.05, 0) is 31.0 Å². The molecule has 0 aliphatic carbocycles. The molecule has 3 heterocycles. The van der Waals surface area contributed by atoms with Gasteiger partial charge < -0.3 is 0 Å². The maximum atomic E-state index is 12.9. The summed E-state index contributed by atoms with van der Waals surface area (Å²) in [4.78, 5) is 26.7. The first-order valence-electron chi connectivity index (χ1n) is 9.34. The summed E-state index contributed by atoms with van der Waals surface area (Å²) in [5, 5.41) is 7.50. The molecule has 0 aliphatic rings. The lowest BCUT2D eigenvalue weighted by Gasteiger charge is -2.07. The molecule has 0 bridgehead atoms. The highest BCUT2D eigenvalue weighted by atomic mass is 32.1. The minimum absolute atomic E-state index is 0.290. The normalized spacial score (nSPS) is 10.8. The molecule has 7 nitrogen and oxygen atoms in total. The van der Waals surface area contributed by atoms with E-state index in [-0.39, 0.29) is 5.91 Å². The first-order valence-corrected chi connectivity index (χ1v) is 10.2. The van der Waals surface area contributed by atoms with Gasteiger partial charge in [-0.25, -0.2) is 19.6 Å². The van der Waals surface area contributed by atoms with Crippen LogP contribution in [0.25, 0.3) is 17.1 Å². The molecular weight excluding hydrogens is 384 g/mol. The second-order valence-electron chi connectivity index (χ2n) is 6.54. The molecule has 0 unspecified atom stereocenters. The molecule has 0 saturated heterocycles. The van der Waals surface area contributed by atoms with E-state index in [2.05, 4.69) is 56.6 Å². The van der Waals surface area contributed by atoms with Crippen LogP contribution in [0.1, 0.15) is 34.1 Å². The molecule has 1 N–H and O–H groups in total. The van der Waals surface area contributed by atoms with Crippen LogP contribution in [0, 0.1) is 6.92 Å². The van der Waals surface area contributed by atoms with Gasteiger partial charge in [0.05, 0.1) is 11.3 Å². The largest absolute Gasteiger partial charge is 0.298 e. The van der Waals surface area contributed by atoms with E-state index in [1.807, 2.05) is 6.92 Å². The molecule has 3 aromatic heterocycles. The van der Waals surface area contributed by atoms with Crippen molar-refractivity contribution in [2.75, 3.05) is 5.32 Å². The molecule has 0 aliphatic heterocycles. The van der Waals surface area contributed by atoms with Crippen molar-refractivity contribution in [1.82, 2.24) is 24.7 Å². The average molecular weight is 404 g/mol. The van der Waals surface area contributed by atoms with Gasteiger partial charge in [-0.2, -0.15) is 5.10 Å². The van der Waals surface area contributed by atoms with Crippen molar-refractivity contribution in [3.05, 3.63) is 71.3 Å². The molecule has 8 heteroatoms. The van der Waals surface area contributed by atoms with Gasteiger partial charge in [-0.15, -0.1) is 11.3 Å². The summed E-state index contributed by atoms with van der Waals surface area (Å²) in [5.74, 6) is 0.129. The van der Waals surface area contributed by atoms with E-state index >= 15 is 0 Å². The third kappa shape index (κ3) is 4.07. The number of thiazole rings is 1. The maximum absolute atomic E-state index is 12.9. The molecule has 0 fully saturated rings. The minimum Gasteiger partial charge on any atom is -0.298 e. The zero-order chi connectivity index (χ0) is 20.2. The predicted molar refractivity (Wildman–Crippen MR) is 113 cm³/mol. The smallest absolute Gasteiger partial charge is 0.261 e. The van der Waals surface area contributed by atoms with Crippen LogP contribution in [0.15, 0.2) is 55.2 Å². The number of nitrogens with zero attached hydrogens (tertiary/aromatic N) is 5. The highest BCUT2D eigenvalue weighted by molar-refractivity contribution is 7.16. The number of aromatic nitrogens is 5. The first-order chi connectivity index (χ1) is 14.2. The molecular formula is C21H20N6OS. The van der Waals surface area contributed by atoms with Crippen LogP contribution in [0.4, 0.5) is 5.13 Å². The van der Waals surface area contributed by atoms with E-state index in [4.69, 9.17) is 0 Å². The van der Waals surface area contributed by atoms with Crippen LogP contribution >= 0.6 is 11.3 Å². The summed E-state index contributed by atoms with van der Waals surface area (Å²) < 4.78 is 1.46. The van der Waals surface area contributed by atoms with E-state index in [1.54, 1.807) is 18.3 Å². The number of amides is 1. The summed E-state index contributed by atoms with van der Waals surface area (Å²) in [5.41, 5.74) is 3.64. The fraction of sp³-hybridized carbons (Fsp3) is 0.190. The van der Waals surface area contributed by atoms with E-state index < -0.39 is 0 Å². The topological polar surface area (TPSA) is 85.6 Å². The molecule has 0 radical (unpaired) electrons. The van der Waals surface area contributed by atoms with E-state index in [1.165, 1.54) is 34.2 Å². The van der Waals surface area contributed by atoms with Gasteiger partial charge >= 0.3 is 0 Å². The fourth-order valence-electron chi connectivity index (χ4n) is 3.07. The Bertz CT molecular complexity index is 1120. The van der Waals surface area contributed by atoms with E-state index in [9.17, 15) is 4.79 Å². The third-order valence-electron chi connectivity index (χ3n) is 4.45. The Kier molecular flexibility index (Phi) is 5.44. The van der Waals surface area contributed by atoms with E-state index in [0.717, 1.165) is 29.0 Å².